The molecular formula is C19H17NO. The third kappa shape index (κ3) is 2.65. The lowest BCUT2D eigenvalue weighted by atomic mass is 10.0. The number of ether oxygens (including phenoxy) is 1. The number of hydrogen-bond acceptors (Lipinski definition) is 2. The molecule has 0 amide bonds. The van der Waals surface area contributed by atoms with Crippen molar-refractivity contribution >= 4 is 10.9 Å². The van der Waals surface area contributed by atoms with Gasteiger partial charge in [-0.25, -0.2) is 0 Å². The van der Waals surface area contributed by atoms with Gasteiger partial charge in [-0.2, -0.15) is 0 Å². The molecule has 2 aromatic carbocycles. The molecule has 2 nitrogen and oxygen atoms in total. The number of fused-ring (bicyclic) bond motifs is 1. The van der Waals surface area contributed by atoms with Crippen molar-refractivity contribution < 1.29 is 4.74 Å². The number of para-hydroxylation sites is 2. The van der Waals surface area contributed by atoms with Crippen molar-refractivity contribution in [1.82, 2.24) is 4.98 Å². The van der Waals surface area contributed by atoms with Crippen LogP contribution in [0.2, 0.25) is 0 Å². The fourth-order valence-electron chi connectivity index (χ4n) is 2.45. The maximum absolute atomic E-state index is 6.17. The summed E-state index contributed by atoms with van der Waals surface area (Å²) in [6, 6.07) is 17.9. The summed E-state index contributed by atoms with van der Waals surface area (Å²) >= 11 is 0. The summed E-state index contributed by atoms with van der Waals surface area (Å²) in [6.45, 7) is 5.86. The number of hydrogen-bond donors (Lipinski definition) is 0. The fourth-order valence-corrected chi connectivity index (χ4v) is 2.45. The number of benzene rings is 2. The quantitative estimate of drug-likeness (QED) is 0.620. The molecule has 0 aliphatic heterocycles. The van der Waals surface area contributed by atoms with Crippen LogP contribution in [-0.4, -0.2) is 4.98 Å². The molecule has 104 valence electrons. The third-order valence-corrected chi connectivity index (χ3v) is 3.46. The van der Waals surface area contributed by atoms with E-state index in [0.717, 1.165) is 40.1 Å². The molecule has 0 spiro atoms. The van der Waals surface area contributed by atoms with Crippen molar-refractivity contribution in [3.05, 3.63) is 78.5 Å². The molecule has 2 heteroatoms. The Kier molecular flexibility index (Phi) is 3.69. The number of allylic oxidation sites excluding steroid dienone is 1. The van der Waals surface area contributed by atoms with Crippen LogP contribution >= 0.6 is 0 Å². The summed E-state index contributed by atoms with van der Waals surface area (Å²) in [7, 11) is 0. The van der Waals surface area contributed by atoms with E-state index in [2.05, 4.69) is 11.6 Å². The van der Waals surface area contributed by atoms with Gasteiger partial charge in [0.05, 0.1) is 5.52 Å². The van der Waals surface area contributed by atoms with Gasteiger partial charge in [-0.15, -0.1) is 6.58 Å². The van der Waals surface area contributed by atoms with Crippen LogP contribution in [0.3, 0.4) is 0 Å². The van der Waals surface area contributed by atoms with Gasteiger partial charge in [0, 0.05) is 16.6 Å². The second-order valence-electron chi connectivity index (χ2n) is 4.93. The van der Waals surface area contributed by atoms with E-state index in [9.17, 15) is 0 Å². The van der Waals surface area contributed by atoms with Crippen molar-refractivity contribution in [1.29, 1.82) is 0 Å². The summed E-state index contributed by atoms with van der Waals surface area (Å²) in [4.78, 5) is 4.67. The standard InChI is InChI=1S/C19H17NO/c1-3-9-16-14(2)20-18-13-8-7-12-17(18)19(16)21-15-10-5-4-6-11-15/h3-8,10-13H,1,9H2,2H3. The molecule has 21 heavy (non-hydrogen) atoms. The first-order valence-corrected chi connectivity index (χ1v) is 7.01. The van der Waals surface area contributed by atoms with Crippen molar-refractivity contribution in [2.45, 2.75) is 13.3 Å². The maximum atomic E-state index is 6.17. The monoisotopic (exact) mass is 275 g/mol. The Hall–Kier alpha value is -2.61. The minimum atomic E-state index is 0.742. The van der Waals surface area contributed by atoms with Crippen LogP contribution in [0, 0.1) is 6.92 Å². The molecule has 0 aliphatic carbocycles. The van der Waals surface area contributed by atoms with E-state index in [1.54, 1.807) is 0 Å². The molecule has 0 saturated heterocycles. The Morgan fingerprint density at radius 2 is 1.76 bits per heavy atom. The normalized spacial score (nSPS) is 10.5. The second kappa shape index (κ2) is 5.80. The van der Waals surface area contributed by atoms with Crippen LogP contribution in [0.25, 0.3) is 10.9 Å². The van der Waals surface area contributed by atoms with Gasteiger partial charge in [0.1, 0.15) is 11.5 Å². The number of aryl methyl sites for hydroxylation is 1. The van der Waals surface area contributed by atoms with Gasteiger partial charge >= 0.3 is 0 Å². The molecule has 3 rings (SSSR count). The zero-order valence-electron chi connectivity index (χ0n) is 12.0. The maximum Gasteiger partial charge on any atom is 0.142 e. The molecule has 0 aliphatic rings. The summed E-state index contributed by atoms with van der Waals surface area (Å²) in [6.07, 6.45) is 2.63. The van der Waals surface area contributed by atoms with E-state index >= 15 is 0 Å². The molecule has 0 bridgehead atoms. The minimum absolute atomic E-state index is 0.742. The Balaban J connectivity index is 2.21. The van der Waals surface area contributed by atoms with E-state index in [1.165, 1.54) is 0 Å². The SMILES string of the molecule is C=CCc1c(C)nc2ccccc2c1Oc1ccccc1. The van der Waals surface area contributed by atoms with E-state index in [4.69, 9.17) is 4.74 Å². The highest BCUT2D eigenvalue weighted by molar-refractivity contribution is 5.87. The molecule has 0 atom stereocenters. The van der Waals surface area contributed by atoms with E-state index in [-0.39, 0.29) is 0 Å². The van der Waals surface area contributed by atoms with Gasteiger partial charge in [0.25, 0.3) is 0 Å². The molecule has 1 heterocycles. The van der Waals surface area contributed by atoms with E-state index < -0.39 is 0 Å². The summed E-state index contributed by atoms with van der Waals surface area (Å²) in [5, 5.41) is 1.03. The average molecular weight is 275 g/mol. The van der Waals surface area contributed by atoms with Crippen molar-refractivity contribution in [2.75, 3.05) is 0 Å². The highest BCUT2D eigenvalue weighted by Gasteiger charge is 2.13. The predicted octanol–water partition coefficient (Wildman–Crippen LogP) is 5.06. The molecular weight excluding hydrogens is 258 g/mol. The molecule has 0 N–H and O–H groups in total. The number of nitrogens with zero attached hydrogens (tertiary/aromatic N) is 1. The highest BCUT2D eigenvalue weighted by atomic mass is 16.5. The Bertz CT molecular complexity index is 778. The third-order valence-electron chi connectivity index (χ3n) is 3.46. The first-order chi connectivity index (χ1) is 10.3. The van der Waals surface area contributed by atoms with Gasteiger partial charge in [0.2, 0.25) is 0 Å². The van der Waals surface area contributed by atoms with Crippen LogP contribution < -0.4 is 4.74 Å². The second-order valence-corrected chi connectivity index (χ2v) is 4.93. The molecule has 1 aromatic heterocycles. The number of pyridine rings is 1. The van der Waals surface area contributed by atoms with Gasteiger partial charge < -0.3 is 4.74 Å². The van der Waals surface area contributed by atoms with Crippen molar-refractivity contribution in [2.24, 2.45) is 0 Å². The van der Waals surface area contributed by atoms with Gasteiger partial charge in [0.15, 0.2) is 0 Å². The lowest BCUT2D eigenvalue weighted by Crippen LogP contribution is -1.98. The molecule has 0 unspecified atom stereocenters. The Morgan fingerprint density at radius 3 is 2.52 bits per heavy atom. The number of aromatic nitrogens is 1. The highest BCUT2D eigenvalue weighted by Crippen LogP contribution is 2.34. The zero-order chi connectivity index (χ0) is 14.7. The van der Waals surface area contributed by atoms with Crippen LogP contribution in [0.1, 0.15) is 11.3 Å². The first kappa shape index (κ1) is 13.4. The lowest BCUT2D eigenvalue weighted by Gasteiger charge is -2.15. The van der Waals surface area contributed by atoms with Crippen molar-refractivity contribution in [3.63, 3.8) is 0 Å². The lowest BCUT2D eigenvalue weighted by molar-refractivity contribution is 0.482. The van der Waals surface area contributed by atoms with Gasteiger partial charge in [-0.1, -0.05) is 36.4 Å². The smallest absolute Gasteiger partial charge is 0.142 e. The number of rotatable bonds is 4. The van der Waals surface area contributed by atoms with Crippen LogP contribution in [0.15, 0.2) is 67.3 Å². The van der Waals surface area contributed by atoms with Crippen LogP contribution in [0.4, 0.5) is 0 Å². The van der Waals surface area contributed by atoms with Crippen molar-refractivity contribution in [3.8, 4) is 11.5 Å². The average Bonchev–Trinajstić information content (AvgIpc) is 2.52. The minimum Gasteiger partial charge on any atom is -0.456 e. The Labute approximate surface area is 124 Å². The Morgan fingerprint density at radius 1 is 1.05 bits per heavy atom. The van der Waals surface area contributed by atoms with Crippen LogP contribution in [0.5, 0.6) is 11.5 Å². The topological polar surface area (TPSA) is 22.1 Å². The predicted molar refractivity (Wildman–Crippen MR) is 86.9 cm³/mol. The van der Waals surface area contributed by atoms with Gasteiger partial charge in [-0.05, 0) is 37.6 Å². The summed E-state index contributed by atoms with van der Waals surface area (Å²) < 4.78 is 6.17. The molecule has 0 fully saturated rings. The van der Waals surface area contributed by atoms with Crippen LogP contribution in [-0.2, 0) is 6.42 Å². The van der Waals surface area contributed by atoms with Gasteiger partial charge in [-0.3, -0.25) is 4.98 Å². The largest absolute Gasteiger partial charge is 0.456 e. The zero-order valence-corrected chi connectivity index (χ0v) is 12.0. The molecule has 0 saturated carbocycles. The molecule has 3 aromatic rings. The molecule has 0 radical (unpaired) electrons. The summed E-state index contributed by atoms with van der Waals surface area (Å²) in [5.74, 6) is 1.71. The van der Waals surface area contributed by atoms with E-state index in [0.29, 0.717) is 0 Å². The summed E-state index contributed by atoms with van der Waals surface area (Å²) in [5.41, 5.74) is 3.03. The van der Waals surface area contributed by atoms with E-state index in [1.807, 2.05) is 67.6 Å². The first-order valence-electron chi connectivity index (χ1n) is 7.01. The fraction of sp³-hybridized carbons (Fsp3) is 0.105.